The van der Waals surface area contributed by atoms with Gasteiger partial charge in [0.2, 0.25) is 0 Å². The largest absolute Gasteiger partial charge is 0.385 e. The number of hydrogen-bond acceptors (Lipinski definition) is 1. The van der Waals surface area contributed by atoms with E-state index >= 15 is 0 Å². The van der Waals surface area contributed by atoms with Gasteiger partial charge in [-0.2, -0.15) is 0 Å². The zero-order valence-corrected chi connectivity index (χ0v) is 7.79. The lowest BCUT2D eigenvalue weighted by atomic mass is 10.1. The van der Waals surface area contributed by atoms with Crippen LogP contribution in [0.2, 0.25) is 0 Å². The van der Waals surface area contributed by atoms with Gasteiger partial charge in [0.1, 0.15) is 0 Å². The highest BCUT2D eigenvalue weighted by atomic mass is 16.5. The first-order valence-electron chi connectivity index (χ1n) is 4.25. The zero-order valence-electron chi connectivity index (χ0n) is 7.79. The lowest BCUT2D eigenvalue weighted by Gasteiger charge is -2.00. The lowest BCUT2D eigenvalue weighted by molar-refractivity contribution is 0.202. The molecule has 0 heterocycles. The zero-order chi connectivity index (χ0) is 9.52. The molecule has 1 radical (unpaired) electrons. The summed E-state index contributed by atoms with van der Waals surface area (Å²) in [5, 5.41) is 0. The van der Waals surface area contributed by atoms with Crippen LogP contribution in [-0.4, -0.2) is 13.7 Å². The molecule has 0 spiro atoms. The summed E-state index contributed by atoms with van der Waals surface area (Å²) in [5.74, 6) is 2.58. The van der Waals surface area contributed by atoms with Gasteiger partial charge in [-0.1, -0.05) is 18.1 Å². The minimum Gasteiger partial charge on any atom is -0.385 e. The second-order valence-electron chi connectivity index (χ2n) is 2.75. The third-order valence-electron chi connectivity index (χ3n) is 1.78. The number of hydrogen-bond donors (Lipinski definition) is 0. The molecule has 1 nitrogen and oxygen atoms in total. The van der Waals surface area contributed by atoms with Gasteiger partial charge in [-0.15, -0.1) is 6.42 Å². The normalized spacial score (nSPS) is 9.54. The second kappa shape index (κ2) is 5.40. The van der Waals surface area contributed by atoms with Crippen molar-refractivity contribution in [2.75, 3.05) is 13.7 Å². The summed E-state index contributed by atoms with van der Waals surface area (Å²) in [4.78, 5) is 0. The van der Waals surface area contributed by atoms with Crippen LogP contribution in [0.15, 0.2) is 24.3 Å². The number of ether oxygens (including phenoxy) is 1. The molecule has 0 aliphatic rings. The summed E-state index contributed by atoms with van der Waals surface area (Å²) >= 11 is 0. The Labute approximate surface area is 79.7 Å². The topological polar surface area (TPSA) is 9.23 Å². The Morgan fingerprint density at radius 3 is 2.62 bits per heavy atom. The molecule has 0 aromatic heterocycles. The first kappa shape index (κ1) is 9.83. The number of terminal acetylenes is 1. The van der Waals surface area contributed by atoms with Gasteiger partial charge in [0, 0.05) is 19.3 Å². The van der Waals surface area contributed by atoms with Gasteiger partial charge in [0.25, 0.3) is 0 Å². The molecule has 1 aromatic carbocycles. The summed E-state index contributed by atoms with van der Waals surface area (Å²) in [6, 6.07) is 7.92. The van der Waals surface area contributed by atoms with Crippen LogP contribution >= 0.6 is 0 Å². The summed E-state index contributed by atoms with van der Waals surface area (Å²) in [5.41, 5.74) is 2.11. The highest BCUT2D eigenvalue weighted by Gasteiger charge is 1.93. The van der Waals surface area contributed by atoms with Gasteiger partial charge in [-0.3, -0.25) is 0 Å². The molecule has 0 saturated heterocycles. The van der Waals surface area contributed by atoms with Gasteiger partial charge >= 0.3 is 0 Å². The molecule has 1 aromatic rings. The van der Waals surface area contributed by atoms with Crippen LogP contribution in [0.1, 0.15) is 17.5 Å². The highest BCUT2D eigenvalue weighted by Crippen LogP contribution is 2.07. The van der Waals surface area contributed by atoms with E-state index in [4.69, 9.17) is 11.2 Å². The van der Waals surface area contributed by atoms with E-state index < -0.39 is 0 Å². The molecule has 0 unspecified atom stereocenters. The van der Waals surface area contributed by atoms with Crippen LogP contribution in [-0.2, 0) is 4.74 Å². The summed E-state index contributed by atoms with van der Waals surface area (Å²) in [6.45, 7) is 0.761. The highest BCUT2D eigenvalue weighted by molar-refractivity contribution is 5.36. The molecule has 1 rings (SSSR count). The van der Waals surface area contributed by atoms with E-state index in [2.05, 4.69) is 12.3 Å². The maximum absolute atomic E-state index is 5.24. The molecule has 0 fully saturated rings. The quantitative estimate of drug-likeness (QED) is 0.501. The van der Waals surface area contributed by atoms with E-state index in [0.717, 1.165) is 18.6 Å². The maximum Gasteiger partial charge on any atom is 0.0468 e. The predicted octanol–water partition coefficient (Wildman–Crippen LogP) is 2.26. The van der Waals surface area contributed by atoms with Gasteiger partial charge in [-0.25, -0.2) is 0 Å². The van der Waals surface area contributed by atoms with Crippen molar-refractivity contribution in [2.24, 2.45) is 0 Å². The maximum atomic E-state index is 5.24. The summed E-state index contributed by atoms with van der Waals surface area (Å²) in [6.07, 6.45) is 8.31. The second-order valence-corrected chi connectivity index (χ2v) is 2.75. The van der Waals surface area contributed by atoms with Crippen molar-refractivity contribution in [2.45, 2.75) is 6.42 Å². The Kier molecular flexibility index (Phi) is 4.08. The first-order chi connectivity index (χ1) is 6.36. The van der Waals surface area contributed by atoms with E-state index in [1.165, 1.54) is 5.56 Å². The smallest absolute Gasteiger partial charge is 0.0468 e. The van der Waals surface area contributed by atoms with E-state index in [1.54, 1.807) is 7.11 Å². The Hall–Kier alpha value is -1.26. The van der Waals surface area contributed by atoms with E-state index in [9.17, 15) is 0 Å². The molecule has 0 aliphatic heterocycles. The Morgan fingerprint density at radius 2 is 2.08 bits per heavy atom. The van der Waals surface area contributed by atoms with Crippen molar-refractivity contribution >= 4 is 0 Å². The van der Waals surface area contributed by atoms with Crippen molar-refractivity contribution in [3.05, 3.63) is 41.8 Å². The van der Waals surface area contributed by atoms with Crippen LogP contribution in [0, 0.1) is 18.8 Å². The van der Waals surface area contributed by atoms with Gasteiger partial charge in [0.05, 0.1) is 0 Å². The molecule has 13 heavy (non-hydrogen) atoms. The standard InChI is InChI=1S/C12H13O/c1-3-11-6-8-12(9-7-11)5-4-10-13-2/h1,5-9H,4,10H2,2H3. The van der Waals surface area contributed by atoms with Crippen LogP contribution in [0.5, 0.6) is 0 Å². The van der Waals surface area contributed by atoms with Crippen LogP contribution in [0.3, 0.4) is 0 Å². The van der Waals surface area contributed by atoms with Crippen molar-refractivity contribution < 1.29 is 4.74 Å². The van der Waals surface area contributed by atoms with Crippen molar-refractivity contribution in [1.82, 2.24) is 0 Å². The lowest BCUT2D eigenvalue weighted by Crippen LogP contribution is -1.90. The molecular formula is C12H13O. The van der Waals surface area contributed by atoms with Crippen LogP contribution in [0.25, 0.3) is 0 Å². The number of rotatable bonds is 4. The van der Waals surface area contributed by atoms with Gasteiger partial charge in [-0.05, 0) is 30.5 Å². The first-order valence-corrected chi connectivity index (χ1v) is 4.25. The molecule has 0 atom stereocenters. The average molecular weight is 173 g/mol. The fraction of sp³-hybridized carbons (Fsp3) is 0.250. The SMILES string of the molecule is C#Cc1ccc([CH]CCOC)cc1. The van der Waals surface area contributed by atoms with E-state index in [-0.39, 0.29) is 0 Å². The Bertz CT molecular complexity index is 279. The Balaban J connectivity index is 2.46. The minimum atomic E-state index is 0.761. The molecule has 0 saturated carbocycles. The average Bonchev–Trinajstić information content (AvgIpc) is 2.19. The number of methoxy groups -OCH3 is 1. The molecular weight excluding hydrogens is 160 g/mol. The van der Waals surface area contributed by atoms with E-state index in [1.807, 2.05) is 24.3 Å². The third-order valence-corrected chi connectivity index (χ3v) is 1.78. The monoisotopic (exact) mass is 173 g/mol. The predicted molar refractivity (Wildman–Crippen MR) is 54.3 cm³/mol. The molecule has 0 bridgehead atoms. The van der Waals surface area contributed by atoms with Crippen LogP contribution < -0.4 is 0 Å². The van der Waals surface area contributed by atoms with Crippen molar-refractivity contribution in [3.63, 3.8) is 0 Å². The third kappa shape index (κ3) is 3.31. The molecule has 0 aliphatic carbocycles. The van der Waals surface area contributed by atoms with Gasteiger partial charge < -0.3 is 4.74 Å². The van der Waals surface area contributed by atoms with E-state index in [0.29, 0.717) is 0 Å². The number of benzene rings is 1. The van der Waals surface area contributed by atoms with Crippen molar-refractivity contribution in [3.8, 4) is 12.3 Å². The molecule has 1 heteroatoms. The Morgan fingerprint density at radius 1 is 1.38 bits per heavy atom. The minimum absolute atomic E-state index is 0.761. The molecule has 0 amide bonds. The fourth-order valence-electron chi connectivity index (χ4n) is 1.06. The summed E-state index contributed by atoms with van der Waals surface area (Å²) in [7, 11) is 1.70. The van der Waals surface area contributed by atoms with Crippen LogP contribution in [0.4, 0.5) is 0 Å². The molecule has 67 valence electrons. The van der Waals surface area contributed by atoms with Gasteiger partial charge in [0.15, 0.2) is 0 Å². The molecule has 0 N–H and O–H groups in total. The fourth-order valence-corrected chi connectivity index (χ4v) is 1.06. The summed E-state index contributed by atoms with van der Waals surface area (Å²) < 4.78 is 4.94. The van der Waals surface area contributed by atoms with Crippen molar-refractivity contribution in [1.29, 1.82) is 0 Å².